The van der Waals surface area contributed by atoms with Crippen LogP contribution in [0.15, 0.2) is 12.2 Å². The Labute approximate surface area is 197 Å². The van der Waals surface area contributed by atoms with Crippen LogP contribution in [0.3, 0.4) is 0 Å². The Morgan fingerprint density at radius 2 is 1.10 bits per heavy atom. The monoisotopic (exact) mass is 505 g/mol. The van der Waals surface area contributed by atoms with Crippen molar-refractivity contribution >= 4 is 39.7 Å². The van der Waals surface area contributed by atoms with Crippen LogP contribution in [0.2, 0.25) is 63.5 Å². The fourth-order valence-electron chi connectivity index (χ4n) is 4.10. The first kappa shape index (κ1) is 31.0. The molecular formula is C22H51NO4Si4. The van der Waals surface area contributed by atoms with Crippen LogP contribution in [0, 0.1) is 0 Å². The van der Waals surface area contributed by atoms with Crippen LogP contribution < -0.4 is 5.32 Å². The average molecular weight is 506 g/mol. The van der Waals surface area contributed by atoms with Crippen LogP contribution in [0.25, 0.3) is 0 Å². The summed E-state index contributed by atoms with van der Waals surface area (Å²) < 4.78 is 21.2. The van der Waals surface area contributed by atoms with Gasteiger partial charge in [0.05, 0.1) is 0 Å². The molecule has 31 heavy (non-hydrogen) atoms. The molecule has 0 bridgehead atoms. The van der Waals surface area contributed by atoms with E-state index in [-0.39, 0.29) is 5.91 Å². The number of carbonyl (C=O) groups excluding carboxylic acids is 1. The van der Waals surface area contributed by atoms with E-state index in [1.807, 2.05) is 0 Å². The minimum Gasteiger partial charge on any atom is -0.417 e. The van der Waals surface area contributed by atoms with E-state index < -0.39 is 33.8 Å². The smallest absolute Gasteiger partial charge is 0.417 e. The predicted octanol–water partition coefficient (Wildman–Crippen LogP) is 6.90. The van der Waals surface area contributed by atoms with Gasteiger partial charge in [-0.2, -0.15) is 0 Å². The highest BCUT2D eigenvalue weighted by atomic mass is 28.5. The molecular weight excluding hydrogens is 455 g/mol. The molecule has 0 atom stereocenters. The van der Waals surface area contributed by atoms with Crippen LogP contribution in [0.4, 0.5) is 0 Å². The lowest BCUT2D eigenvalue weighted by Crippen LogP contribution is -2.62. The van der Waals surface area contributed by atoms with E-state index in [1.165, 1.54) is 0 Å². The highest BCUT2D eigenvalue weighted by molar-refractivity contribution is 6.90. The van der Waals surface area contributed by atoms with Crippen molar-refractivity contribution in [1.29, 1.82) is 0 Å². The summed E-state index contributed by atoms with van der Waals surface area (Å²) in [6.07, 6.45) is 4.15. The standard InChI is InChI=1S/C22H51NO4Si4/c1-12-17-28(6,7)25-31(26-29(8,9)18-13-2,27-30(10,11)19-14-3)20-15-16-23-22(24)21(4)5/h4,12-20H2,1-3,5-11H3,(H,23,24). The Morgan fingerprint density at radius 3 is 1.39 bits per heavy atom. The van der Waals surface area contributed by atoms with Gasteiger partial charge >= 0.3 is 8.80 Å². The highest BCUT2D eigenvalue weighted by Gasteiger charge is 2.51. The van der Waals surface area contributed by atoms with Crippen LogP contribution >= 0.6 is 0 Å². The Bertz CT molecular complexity index is 517. The van der Waals surface area contributed by atoms with Gasteiger partial charge < -0.3 is 17.7 Å². The molecule has 0 radical (unpaired) electrons. The predicted molar refractivity (Wildman–Crippen MR) is 144 cm³/mol. The fraction of sp³-hybridized carbons (Fsp3) is 0.864. The maximum atomic E-state index is 11.9. The van der Waals surface area contributed by atoms with Crippen molar-refractivity contribution in [2.45, 2.75) is 117 Å². The molecule has 0 heterocycles. The third-order valence-corrected chi connectivity index (χ3v) is 21.6. The molecule has 0 aromatic heterocycles. The van der Waals surface area contributed by atoms with E-state index in [2.05, 4.69) is 71.9 Å². The average Bonchev–Trinajstić information content (AvgIpc) is 2.56. The van der Waals surface area contributed by atoms with Crippen molar-refractivity contribution in [3.8, 4) is 0 Å². The number of carbonyl (C=O) groups is 1. The third-order valence-electron chi connectivity index (χ3n) is 5.18. The zero-order valence-electron chi connectivity index (χ0n) is 22.2. The minimum atomic E-state index is -2.90. The molecule has 1 amide bonds. The van der Waals surface area contributed by atoms with Gasteiger partial charge in [-0.3, -0.25) is 4.79 Å². The molecule has 1 N–H and O–H groups in total. The third kappa shape index (κ3) is 13.3. The Hall–Kier alpha value is -0.0425. The number of rotatable bonds is 17. The molecule has 184 valence electrons. The van der Waals surface area contributed by atoms with E-state index in [9.17, 15) is 4.79 Å². The maximum Gasteiger partial charge on any atom is 0.469 e. The summed E-state index contributed by atoms with van der Waals surface area (Å²) in [5.41, 5.74) is 0.539. The molecule has 9 heteroatoms. The van der Waals surface area contributed by atoms with Gasteiger partial charge in [-0.25, -0.2) is 0 Å². The Balaban J connectivity index is 5.89. The van der Waals surface area contributed by atoms with Crippen LogP contribution in [0.5, 0.6) is 0 Å². The second-order valence-electron chi connectivity index (χ2n) is 10.7. The Morgan fingerprint density at radius 1 is 0.742 bits per heavy atom. The second-order valence-corrected chi connectivity index (χ2v) is 27.0. The first-order valence-electron chi connectivity index (χ1n) is 12.2. The van der Waals surface area contributed by atoms with Crippen molar-refractivity contribution in [3.63, 3.8) is 0 Å². The van der Waals surface area contributed by atoms with Crippen molar-refractivity contribution in [2.24, 2.45) is 0 Å². The molecule has 0 saturated heterocycles. The minimum absolute atomic E-state index is 0.0860. The van der Waals surface area contributed by atoms with Gasteiger partial charge in [-0.1, -0.05) is 46.6 Å². The molecule has 0 spiro atoms. The summed E-state index contributed by atoms with van der Waals surface area (Å²) in [5.74, 6) is -0.0860. The fourth-order valence-corrected chi connectivity index (χ4v) is 22.5. The van der Waals surface area contributed by atoms with Crippen molar-refractivity contribution < 1.29 is 17.1 Å². The number of nitrogens with one attached hydrogen (secondary N) is 1. The lowest BCUT2D eigenvalue weighted by atomic mass is 10.3. The summed E-state index contributed by atoms with van der Waals surface area (Å²) in [5, 5.41) is 2.97. The molecule has 0 aromatic carbocycles. The van der Waals surface area contributed by atoms with E-state index >= 15 is 0 Å². The van der Waals surface area contributed by atoms with Gasteiger partial charge in [-0.15, -0.1) is 0 Å². The van der Waals surface area contributed by atoms with E-state index in [4.69, 9.17) is 12.3 Å². The highest BCUT2D eigenvalue weighted by Crippen LogP contribution is 2.34. The van der Waals surface area contributed by atoms with Gasteiger partial charge in [-0.05, 0) is 70.8 Å². The molecule has 0 fully saturated rings. The summed E-state index contributed by atoms with van der Waals surface area (Å²) in [6, 6.07) is 4.08. The van der Waals surface area contributed by atoms with Gasteiger partial charge in [0, 0.05) is 18.2 Å². The zero-order valence-corrected chi connectivity index (χ0v) is 26.2. The maximum absolute atomic E-state index is 11.9. The largest absolute Gasteiger partial charge is 0.469 e. The van der Waals surface area contributed by atoms with Gasteiger partial charge in [0.1, 0.15) is 0 Å². The van der Waals surface area contributed by atoms with Crippen molar-refractivity contribution in [3.05, 3.63) is 12.2 Å². The van der Waals surface area contributed by atoms with Crippen LogP contribution in [-0.2, 0) is 17.1 Å². The van der Waals surface area contributed by atoms with E-state index in [0.29, 0.717) is 12.1 Å². The number of hydrogen-bond donors (Lipinski definition) is 1. The van der Waals surface area contributed by atoms with E-state index in [0.717, 1.165) is 49.9 Å². The SMILES string of the molecule is C=C(C)C(=O)NCCC[Si](O[Si](C)(C)CCC)(O[Si](C)(C)CCC)O[Si](C)(C)CCC. The number of amides is 1. The van der Waals surface area contributed by atoms with Crippen molar-refractivity contribution in [1.82, 2.24) is 5.32 Å². The quantitative estimate of drug-likeness (QED) is 0.133. The van der Waals surface area contributed by atoms with Gasteiger partial charge in [0.25, 0.3) is 0 Å². The molecule has 0 rings (SSSR count). The Kier molecular flexibility index (Phi) is 13.6. The molecule has 0 aromatic rings. The second kappa shape index (κ2) is 13.6. The van der Waals surface area contributed by atoms with Crippen LogP contribution in [-0.4, -0.2) is 46.2 Å². The lowest BCUT2D eigenvalue weighted by Gasteiger charge is -2.45. The first-order valence-corrected chi connectivity index (χ1v) is 23.4. The first-order chi connectivity index (χ1) is 14.1. The molecule has 5 nitrogen and oxygen atoms in total. The van der Waals surface area contributed by atoms with Crippen molar-refractivity contribution in [2.75, 3.05) is 6.54 Å². The zero-order chi connectivity index (χ0) is 24.3. The molecule has 0 aliphatic heterocycles. The lowest BCUT2D eigenvalue weighted by molar-refractivity contribution is -0.117. The van der Waals surface area contributed by atoms with Gasteiger partial charge in [0.15, 0.2) is 25.0 Å². The number of hydrogen-bond acceptors (Lipinski definition) is 4. The summed E-state index contributed by atoms with van der Waals surface area (Å²) in [4.78, 5) is 11.9. The topological polar surface area (TPSA) is 56.8 Å². The summed E-state index contributed by atoms with van der Waals surface area (Å²) in [7, 11) is -8.69. The van der Waals surface area contributed by atoms with Crippen LogP contribution in [0.1, 0.15) is 53.4 Å². The van der Waals surface area contributed by atoms with Gasteiger partial charge in [0.2, 0.25) is 5.91 Å². The van der Waals surface area contributed by atoms with E-state index in [1.54, 1.807) is 6.92 Å². The molecule has 0 saturated carbocycles. The summed E-state index contributed by atoms with van der Waals surface area (Å²) >= 11 is 0. The molecule has 0 aliphatic rings. The molecule has 0 aliphatic carbocycles. The normalized spacial score (nSPS) is 13.4. The molecule has 0 unspecified atom stereocenters. The summed E-state index contributed by atoms with van der Waals surface area (Å²) in [6.45, 7) is 26.5.